The summed E-state index contributed by atoms with van der Waals surface area (Å²) in [5, 5.41) is 8.05. The number of hydrazone groups is 1. The lowest BCUT2D eigenvalue weighted by Crippen LogP contribution is -2.45. The molecule has 0 spiro atoms. The number of carbonyl (C=O) groups excluding carboxylic acids is 2. The number of benzene rings is 2. The van der Waals surface area contributed by atoms with E-state index in [1.807, 2.05) is 55.5 Å². The molecule has 0 radical (unpaired) electrons. The van der Waals surface area contributed by atoms with Crippen LogP contribution in [-0.4, -0.2) is 53.7 Å². The van der Waals surface area contributed by atoms with Gasteiger partial charge in [-0.15, -0.1) is 0 Å². The maximum absolute atomic E-state index is 13.8. The Morgan fingerprint density at radius 3 is 2.45 bits per heavy atom. The minimum atomic E-state index is -0.190. The number of ether oxygens (including phenoxy) is 1. The van der Waals surface area contributed by atoms with Crippen LogP contribution in [0.5, 0.6) is 0 Å². The summed E-state index contributed by atoms with van der Waals surface area (Å²) in [6, 6.07) is 15.3. The first kappa shape index (κ1) is 26.9. The van der Waals surface area contributed by atoms with Gasteiger partial charge >= 0.3 is 5.97 Å². The third kappa shape index (κ3) is 5.98. The zero-order valence-corrected chi connectivity index (χ0v) is 23.1. The molecule has 38 heavy (non-hydrogen) atoms. The lowest BCUT2D eigenvalue weighted by molar-refractivity contribution is -0.151. The molecule has 2 aromatic carbocycles. The van der Waals surface area contributed by atoms with E-state index in [1.54, 1.807) is 5.01 Å². The van der Waals surface area contributed by atoms with Crippen LogP contribution in [0, 0.1) is 11.8 Å². The topological polar surface area (TPSA) is 62.2 Å². The number of halogens is 2. The monoisotopic (exact) mass is 553 g/mol. The SMILES string of the molecule is CCOC(=O)[C@@H]1CCCN(CC(=O)N2N=C3/C(=C/c4ccc(Cl)cc4)CCC[C@@H]3[C@@H]2c2ccc(Cl)cc2)C1. The van der Waals surface area contributed by atoms with Gasteiger partial charge in [-0.25, -0.2) is 5.01 Å². The maximum atomic E-state index is 13.8. The standard InChI is InChI=1S/C30H33Cl2N3O3/c1-2-38-30(37)23-6-4-16-34(18-23)19-27(36)35-29(21-10-14-25(32)15-11-21)26-7-3-5-22(28(26)33-35)17-20-8-12-24(31)13-9-20/h8-15,17,23,26,29H,2-7,16,18-19H2,1H3/b22-17+/t23-,26+,29+/m1/s1. The van der Waals surface area contributed by atoms with Crippen LogP contribution in [0.1, 0.15) is 56.2 Å². The fourth-order valence-electron chi connectivity index (χ4n) is 5.88. The van der Waals surface area contributed by atoms with Crippen LogP contribution in [0.4, 0.5) is 0 Å². The molecule has 3 aliphatic rings. The zero-order valence-electron chi connectivity index (χ0n) is 21.6. The Kier molecular flexibility index (Phi) is 8.51. The smallest absolute Gasteiger partial charge is 0.310 e. The highest BCUT2D eigenvalue weighted by atomic mass is 35.5. The Hall–Kier alpha value is -2.67. The van der Waals surface area contributed by atoms with Gasteiger partial charge in [0.2, 0.25) is 0 Å². The van der Waals surface area contributed by atoms with Crippen molar-refractivity contribution in [1.82, 2.24) is 9.91 Å². The highest BCUT2D eigenvalue weighted by Gasteiger charge is 2.44. The van der Waals surface area contributed by atoms with Crippen LogP contribution in [0.2, 0.25) is 10.0 Å². The predicted molar refractivity (Wildman–Crippen MR) is 151 cm³/mol. The highest BCUT2D eigenvalue weighted by molar-refractivity contribution is 6.30. The Balaban J connectivity index is 1.42. The van der Waals surface area contributed by atoms with Crippen molar-refractivity contribution in [2.24, 2.45) is 16.9 Å². The van der Waals surface area contributed by atoms with Crippen LogP contribution in [0.15, 0.2) is 59.2 Å². The molecule has 2 heterocycles. The molecule has 2 fully saturated rings. The van der Waals surface area contributed by atoms with E-state index in [-0.39, 0.29) is 36.3 Å². The summed E-state index contributed by atoms with van der Waals surface area (Å²) in [5.41, 5.74) is 4.25. The quantitative estimate of drug-likeness (QED) is 0.388. The van der Waals surface area contributed by atoms with E-state index < -0.39 is 0 Å². The molecule has 5 rings (SSSR count). The first-order valence-corrected chi connectivity index (χ1v) is 14.2. The van der Waals surface area contributed by atoms with E-state index in [9.17, 15) is 9.59 Å². The Labute approximate surface area is 234 Å². The van der Waals surface area contributed by atoms with Gasteiger partial charge < -0.3 is 4.74 Å². The van der Waals surface area contributed by atoms with Gasteiger partial charge in [-0.3, -0.25) is 14.5 Å². The van der Waals surface area contributed by atoms with Gasteiger partial charge in [0.1, 0.15) is 0 Å². The molecule has 1 saturated heterocycles. The number of carbonyl (C=O) groups is 2. The molecule has 200 valence electrons. The average Bonchev–Trinajstić information content (AvgIpc) is 3.32. The zero-order chi connectivity index (χ0) is 26.6. The number of piperidine rings is 1. The fourth-order valence-corrected chi connectivity index (χ4v) is 6.13. The van der Waals surface area contributed by atoms with Crippen LogP contribution in [0.25, 0.3) is 6.08 Å². The Morgan fingerprint density at radius 1 is 1.03 bits per heavy atom. The molecule has 6 nitrogen and oxygen atoms in total. The number of hydrogen-bond donors (Lipinski definition) is 0. The molecular formula is C30H33Cl2N3O3. The number of rotatable bonds is 6. The second-order valence-electron chi connectivity index (χ2n) is 10.3. The number of esters is 1. The van der Waals surface area contributed by atoms with E-state index in [4.69, 9.17) is 33.0 Å². The van der Waals surface area contributed by atoms with Crippen LogP contribution in [0.3, 0.4) is 0 Å². The van der Waals surface area contributed by atoms with Gasteiger partial charge in [0.05, 0.1) is 30.8 Å². The van der Waals surface area contributed by atoms with E-state index in [2.05, 4.69) is 11.0 Å². The predicted octanol–water partition coefficient (Wildman–Crippen LogP) is 6.39. The minimum Gasteiger partial charge on any atom is -0.466 e. The molecule has 3 atom stereocenters. The van der Waals surface area contributed by atoms with E-state index in [0.717, 1.165) is 61.1 Å². The van der Waals surface area contributed by atoms with Crippen molar-refractivity contribution in [2.75, 3.05) is 26.2 Å². The first-order valence-electron chi connectivity index (χ1n) is 13.4. The van der Waals surface area contributed by atoms with Crippen molar-refractivity contribution >= 4 is 46.9 Å². The lowest BCUT2D eigenvalue weighted by atomic mass is 9.77. The Bertz CT molecular complexity index is 1230. The number of likely N-dealkylation sites (tertiary alicyclic amines) is 1. The molecule has 0 aromatic heterocycles. The van der Waals surface area contributed by atoms with Gasteiger partial charge in [-0.2, -0.15) is 5.10 Å². The minimum absolute atomic E-state index is 0.0535. The van der Waals surface area contributed by atoms with E-state index in [1.165, 1.54) is 0 Å². The summed E-state index contributed by atoms with van der Waals surface area (Å²) in [5.74, 6) is -0.304. The van der Waals surface area contributed by atoms with Crippen molar-refractivity contribution in [3.63, 3.8) is 0 Å². The normalized spacial score (nSPS) is 24.7. The summed E-state index contributed by atoms with van der Waals surface area (Å²) in [4.78, 5) is 28.2. The summed E-state index contributed by atoms with van der Waals surface area (Å²) in [6.45, 7) is 3.73. The summed E-state index contributed by atoms with van der Waals surface area (Å²) in [7, 11) is 0. The van der Waals surface area contributed by atoms with Crippen molar-refractivity contribution in [1.29, 1.82) is 0 Å². The van der Waals surface area contributed by atoms with Gasteiger partial charge in [0, 0.05) is 22.5 Å². The second kappa shape index (κ2) is 12.0. The lowest BCUT2D eigenvalue weighted by Gasteiger charge is -2.33. The first-order chi connectivity index (χ1) is 18.4. The van der Waals surface area contributed by atoms with Gasteiger partial charge in [-0.05, 0) is 92.6 Å². The number of amides is 1. The van der Waals surface area contributed by atoms with Crippen molar-refractivity contribution in [3.05, 3.63) is 75.3 Å². The van der Waals surface area contributed by atoms with E-state index >= 15 is 0 Å². The molecule has 8 heteroatoms. The highest BCUT2D eigenvalue weighted by Crippen LogP contribution is 2.44. The molecule has 1 aliphatic carbocycles. The molecule has 0 bridgehead atoms. The number of nitrogens with zero attached hydrogens (tertiary/aromatic N) is 3. The third-order valence-electron chi connectivity index (χ3n) is 7.66. The fraction of sp³-hybridized carbons (Fsp3) is 0.433. The summed E-state index contributed by atoms with van der Waals surface area (Å²) < 4.78 is 5.24. The van der Waals surface area contributed by atoms with Gasteiger partial charge in [0.15, 0.2) is 0 Å². The van der Waals surface area contributed by atoms with Crippen molar-refractivity contribution in [2.45, 2.75) is 45.1 Å². The molecule has 2 aromatic rings. The summed E-state index contributed by atoms with van der Waals surface area (Å²) >= 11 is 12.3. The molecule has 0 unspecified atom stereocenters. The molecule has 0 N–H and O–H groups in total. The molecular weight excluding hydrogens is 521 g/mol. The van der Waals surface area contributed by atoms with E-state index in [0.29, 0.717) is 23.2 Å². The molecule has 2 aliphatic heterocycles. The number of allylic oxidation sites excluding steroid dienone is 1. The van der Waals surface area contributed by atoms with Crippen LogP contribution in [-0.2, 0) is 14.3 Å². The average molecular weight is 555 g/mol. The molecule has 1 saturated carbocycles. The van der Waals surface area contributed by atoms with Crippen molar-refractivity contribution in [3.8, 4) is 0 Å². The van der Waals surface area contributed by atoms with Gasteiger partial charge in [0.25, 0.3) is 5.91 Å². The van der Waals surface area contributed by atoms with Crippen molar-refractivity contribution < 1.29 is 14.3 Å². The number of hydrogen-bond acceptors (Lipinski definition) is 5. The van der Waals surface area contributed by atoms with Crippen LogP contribution >= 0.6 is 23.2 Å². The third-order valence-corrected chi connectivity index (χ3v) is 8.17. The second-order valence-corrected chi connectivity index (χ2v) is 11.1. The van der Waals surface area contributed by atoms with Gasteiger partial charge in [-0.1, -0.05) is 47.5 Å². The van der Waals surface area contributed by atoms with Crippen LogP contribution < -0.4 is 0 Å². The molecule has 1 amide bonds. The summed E-state index contributed by atoms with van der Waals surface area (Å²) in [6.07, 6.45) is 6.74. The largest absolute Gasteiger partial charge is 0.466 e. The Morgan fingerprint density at radius 2 is 1.74 bits per heavy atom. The maximum Gasteiger partial charge on any atom is 0.310 e. The number of fused-ring (bicyclic) bond motifs is 1.